The highest BCUT2D eigenvalue weighted by Gasteiger charge is 2.34. The summed E-state index contributed by atoms with van der Waals surface area (Å²) in [6.45, 7) is 0.114. The molecular formula is C11H11FN2O4. The Hall–Kier alpha value is -2.15. The molecule has 2 amide bonds. The van der Waals surface area contributed by atoms with E-state index in [2.05, 4.69) is 5.32 Å². The summed E-state index contributed by atoms with van der Waals surface area (Å²) >= 11 is 0. The highest BCUT2D eigenvalue weighted by molar-refractivity contribution is 5.85. The van der Waals surface area contributed by atoms with Crippen molar-refractivity contribution in [2.75, 3.05) is 6.61 Å². The van der Waals surface area contributed by atoms with Gasteiger partial charge in [-0.1, -0.05) is 12.1 Å². The molecule has 2 rings (SSSR count). The standard InChI is InChI=1S/C11H11FN2O4/c12-8-3-1-7(2-4-8)5-14-10(15)9(6-18-14)13-11(16)17/h1-4,9,13H,5-6H2,(H,16,17). The molecule has 1 heterocycles. The lowest BCUT2D eigenvalue weighted by Gasteiger charge is -2.14. The van der Waals surface area contributed by atoms with Crippen molar-refractivity contribution in [1.82, 2.24) is 10.4 Å². The molecule has 1 aromatic rings. The molecule has 0 bridgehead atoms. The van der Waals surface area contributed by atoms with Crippen LogP contribution in [0.2, 0.25) is 0 Å². The fourth-order valence-corrected chi connectivity index (χ4v) is 1.60. The van der Waals surface area contributed by atoms with Crippen LogP contribution in [0.15, 0.2) is 24.3 Å². The molecule has 0 radical (unpaired) electrons. The molecular weight excluding hydrogens is 243 g/mol. The quantitative estimate of drug-likeness (QED) is 0.833. The van der Waals surface area contributed by atoms with Crippen LogP contribution in [0.3, 0.4) is 0 Å². The molecule has 0 saturated carbocycles. The van der Waals surface area contributed by atoms with Crippen LogP contribution in [-0.4, -0.2) is 34.8 Å². The molecule has 1 aliphatic rings. The molecule has 0 spiro atoms. The molecule has 0 aliphatic carbocycles. The van der Waals surface area contributed by atoms with E-state index in [1.807, 2.05) is 0 Å². The molecule has 1 saturated heterocycles. The maximum absolute atomic E-state index is 12.7. The summed E-state index contributed by atoms with van der Waals surface area (Å²) in [4.78, 5) is 27.2. The maximum atomic E-state index is 12.7. The lowest BCUT2D eigenvalue weighted by atomic mass is 10.2. The number of hydrogen-bond acceptors (Lipinski definition) is 3. The van der Waals surface area contributed by atoms with Crippen LogP contribution in [0.5, 0.6) is 0 Å². The molecule has 1 unspecified atom stereocenters. The number of benzene rings is 1. The lowest BCUT2D eigenvalue weighted by molar-refractivity contribution is -0.164. The minimum absolute atomic E-state index is 0.0354. The van der Waals surface area contributed by atoms with Crippen molar-refractivity contribution < 1.29 is 23.9 Å². The van der Waals surface area contributed by atoms with Gasteiger partial charge in [0, 0.05) is 0 Å². The maximum Gasteiger partial charge on any atom is 0.405 e. The van der Waals surface area contributed by atoms with Crippen molar-refractivity contribution in [2.24, 2.45) is 0 Å². The Balaban J connectivity index is 1.97. The molecule has 1 aliphatic heterocycles. The van der Waals surface area contributed by atoms with Crippen molar-refractivity contribution in [3.05, 3.63) is 35.6 Å². The third kappa shape index (κ3) is 2.75. The monoisotopic (exact) mass is 254 g/mol. The van der Waals surface area contributed by atoms with E-state index in [9.17, 15) is 14.0 Å². The van der Waals surface area contributed by atoms with Crippen LogP contribution >= 0.6 is 0 Å². The molecule has 1 atom stereocenters. The third-order valence-corrected chi connectivity index (χ3v) is 2.48. The first-order chi connectivity index (χ1) is 8.56. The summed E-state index contributed by atoms with van der Waals surface area (Å²) in [7, 11) is 0. The van der Waals surface area contributed by atoms with Gasteiger partial charge < -0.3 is 10.4 Å². The Morgan fingerprint density at radius 2 is 2.17 bits per heavy atom. The number of carbonyl (C=O) groups excluding carboxylic acids is 1. The summed E-state index contributed by atoms with van der Waals surface area (Å²) in [6.07, 6.45) is -1.28. The van der Waals surface area contributed by atoms with Crippen LogP contribution < -0.4 is 5.32 Å². The number of nitrogens with one attached hydrogen (secondary N) is 1. The number of carboxylic acid groups (broad SMARTS) is 1. The van der Waals surface area contributed by atoms with E-state index in [0.717, 1.165) is 5.06 Å². The zero-order chi connectivity index (χ0) is 13.1. The number of halogens is 1. The van der Waals surface area contributed by atoms with Crippen LogP contribution in [0, 0.1) is 5.82 Å². The van der Waals surface area contributed by atoms with Crippen LogP contribution in [0.4, 0.5) is 9.18 Å². The Morgan fingerprint density at radius 1 is 1.50 bits per heavy atom. The fraction of sp³-hybridized carbons (Fsp3) is 0.273. The zero-order valence-electron chi connectivity index (χ0n) is 9.30. The van der Waals surface area contributed by atoms with Gasteiger partial charge in [0.05, 0.1) is 6.54 Å². The molecule has 96 valence electrons. The van der Waals surface area contributed by atoms with Crippen molar-refractivity contribution in [3.8, 4) is 0 Å². The number of hydroxylamine groups is 2. The van der Waals surface area contributed by atoms with Gasteiger partial charge in [0.1, 0.15) is 18.5 Å². The third-order valence-electron chi connectivity index (χ3n) is 2.48. The van der Waals surface area contributed by atoms with Crippen LogP contribution in [0.25, 0.3) is 0 Å². The molecule has 1 aromatic carbocycles. The second kappa shape index (κ2) is 5.01. The summed E-state index contributed by atoms with van der Waals surface area (Å²) in [5.74, 6) is -0.820. The van der Waals surface area contributed by atoms with Crippen molar-refractivity contribution >= 4 is 12.0 Å². The molecule has 2 N–H and O–H groups in total. The van der Waals surface area contributed by atoms with Crippen molar-refractivity contribution in [3.63, 3.8) is 0 Å². The molecule has 7 heteroatoms. The molecule has 18 heavy (non-hydrogen) atoms. The van der Waals surface area contributed by atoms with E-state index >= 15 is 0 Å². The van der Waals surface area contributed by atoms with E-state index in [4.69, 9.17) is 9.94 Å². The predicted molar refractivity (Wildman–Crippen MR) is 57.9 cm³/mol. The lowest BCUT2D eigenvalue weighted by Crippen LogP contribution is -2.41. The first-order valence-corrected chi connectivity index (χ1v) is 5.24. The molecule has 6 nitrogen and oxygen atoms in total. The summed E-state index contributed by atoms with van der Waals surface area (Å²) in [6, 6.07) is 4.74. The molecule has 1 fully saturated rings. The van der Waals surface area contributed by atoms with E-state index in [-0.39, 0.29) is 19.0 Å². The SMILES string of the molecule is O=C(O)NC1CON(Cc2ccc(F)cc2)C1=O. The van der Waals surface area contributed by atoms with Crippen LogP contribution in [0.1, 0.15) is 5.56 Å². The summed E-state index contributed by atoms with van der Waals surface area (Å²) in [5, 5.41) is 11.6. The van der Waals surface area contributed by atoms with Gasteiger partial charge in [-0.15, -0.1) is 0 Å². The summed E-state index contributed by atoms with van der Waals surface area (Å²) in [5.41, 5.74) is 0.695. The topological polar surface area (TPSA) is 78.9 Å². The van der Waals surface area contributed by atoms with E-state index in [1.54, 1.807) is 0 Å². The predicted octanol–water partition coefficient (Wildman–Crippen LogP) is 0.736. The number of hydrogen-bond donors (Lipinski definition) is 2. The van der Waals surface area contributed by atoms with Gasteiger partial charge in [-0.3, -0.25) is 9.63 Å². The number of nitrogens with zero attached hydrogens (tertiary/aromatic N) is 1. The van der Waals surface area contributed by atoms with E-state index in [0.29, 0.717) is 5.56 Å². The van der Waals surface area contributed by atoms with Crippen molar-refractivity contribution in [1.29, 1.82) is 0 Å². The Kier molecular flexibility index (Phi) is 3.42. The van der Waals surface area contributed by atoms with Gasteiger partial charge in [0.15, 0.2) is 0 Å². The van der Waals surface area contributed by atoms with Crippen molar-refractivity contribution in [2.45, 2.75) is 12.6 Å². The van der Waals surface area contributed by atoms with E-state index in [1.165, 1.54) is 24.3 Å². The van der Waals surface area contributed by atoms with Gasteiger partial charge in [-0.05, 0) is 17.7 Å². The Bertz CT molecular complexity index is 463. The minimum Gasteiger partial charge on any atom is -0.465 e. The fourth-order valence-electron chi connectivity index (χ4n) is 1.60. The molecule has 0 aromatic heterocycles. The van der Waals surface area contributed by atoms with Gasteiger partial charge in [0.2, 0.25) is 0 Å². The van der Waals surface area contributed by atoms with Gasteiger partial charge in [0.25, 0.3) is 5.91 Å². The smallest absolute Gasteiger partial charge is 0.405 e. The number of carbonyl (C=O) groups is 2. The van der Waals surface area contributed by atoms with Gasteiger partial charge in [-0.2, -0.15) is 0 Å². The highest BCUT2D eigenvalue weighted by atomic mass is 19.1. The number of amides is 2. The normalized spacial score (nSPS) is 19.1. The Morgan fingerprint density at radius 3 is 2.78 bits per heavy atom. The zero-order valence-corrected chi connectivity index (χ0v) is 9.30. The van der Waals surface area contributed by atoms with Gasteiger partial charge in [-0.25, -0.2) is 14.2 Å². The number of rotatable bonds is 3. The van der Waals surface area contributed by atoms with E-state index < -0.39 is 18.0 Å². The van der Waals surface area contributed by atoms with Gasteiger partial charge >= 0.3 is 6.09 Å². The summed E-state index contributed by atoms with van der Waals surface area (Å²) < 4.78 is 12.7. The Labute approximate surface area is 102 Å². The minimum atomic E-state index is -1.28. The average molecular weight is 254 g/mol. The second-order valence-electron chi connectivity index (χ2n) is 3.80. The first-order valence-electron chi connectivity index (χ1n) is 5.24. The van der Waals surface area contributed by atoms with Crippen LogP contribution in [-0.2, 0) is 16.2 Å². The average Bonchev–Trinajstić information content (AvgIpc) is 2.64. The second-order valence-corrected chi connectivity index (χ2v) is 3.80. The largest absolute Gasteiger partial charge is 0.465 e. The highest BCUT2D eigenvalue weighted by Crippen LogP contribution is 2.13. The first kappa shape index (κ1) is 12.3.